The molecule has 1 heterocycles. The van der Waals surface area contributed by atoms with Crippen molar-refractivity contribution < 1.29 is 9.59 Å². The molecule has 0 aliphatic carbocycles. The molecule has 1 aliphatic heterocycles. The van der Waals surface area contributed by atoms with Crippen LogP contribution < -0.4 is 5.32 Å². The largest absolute Gasteiger partial charge is 0.304 e. The summed E-state index contributed by atoms with van der Waals surface area (Å²) in [6.45, 7) is 12.2. The summed E-state index contributed by atoms with van der Waals surface area (Å²) in [6, 6.07) is -0.262. The van der Waals surface area contributed by atoms with Gasteiger partial charge in [-0.2, -0.15) is 0 Å². The smallest absolute Gasteiger partial charge is 0.247 e. The Balaban J connectivity index is 2.47. The Morgan fingerprint density at radius 3 is 2.38 bits per heavy atom. The van der Waals surface area contributed by atoms with Crippen molar-refractivity contribution in [1.82, 2.24) is 15.1 Å². The number of hydrogen-bond donors (Lipinski definition) is 1. The summed E-state index contributed by atoms with van der Waals surface area (Å²) in [4.78, 5) is 28.3. The van der Waals surface area contributed by atoms with Crippen LogP contribution in [0.3, 0.4) is 0 Å². The van der Waals surface area contributed by atoms with Gasteiger partial charge in [0.2, 0.25) is 11.8 Å². The maximum atomic E-state index is 12.4. The molecule has 1 unspecified atom stereocenters. The monoisotopic (exact) mass is 297 g/mol. The van der Waals surface area contributed by atoms with E-state index in [0.29, 0.717) is 6.42 Å². The molecule has 0 radical (unpaired) electrons. The van der Waals surface area contributed by atoms with Gasteiger partial charge >= 0.3 is 0 Å². The number of carbonyl (C=O) groups is 2. The van der Waals surface area contributed by atoms with Crippen molar-refractivity contribution in [2.24, 2.45) is 0 Å². The highest BCUT2D eigenvalue weighted by Crippen LogP contribution is 2.19. The predicted molar refractivity (Wildman–Crippen MR) is 85.0 cm³/mol. The molecule has 1 aliphatic rings. The van der Waals surface area contributed by atoms with Gasteiger partial charge in [0.25, 0.3) is 0 Å². The van der Waals surface area contributed by atoms with Gasteiger partial charge in [0.05, 0.1) is 12.5 Å². The molecule has 1 N–H and O–H groups in total. The Labute approximate surface area is 129 Å². The SMILES string of the molecule is CCCN(CC)CCNC1CC(=O)N(C(CC)CC)C1=O. The van der Waals surface area contributed by atoms with Crippen molar-refractivity contribution in [2.45, 2.75) is 65.5 Å². The lowest BCUT2D eigenvalue weighted by Crippen LogP contribution is -2.45. The van der Waals surface area contributed by atoms with E-state index in [9.17, 15) is 9.59 Å². The summed E-state index contributed by atoms with van der Waals surface area (Å²) in [5.74, 6) is -0.0562. The number of hydrogen-bond acceptors (Lipinski definition) is 4. The molecule has 1 saturated heterocycles. The maximum Gasteiger partial charge on any atom is 0.247 e. The minimum absolute atomic E-state index is 0.0212. The zero-order valence-corrected chi connectivity index (χ0v) is 14.0. The molecular formula is C16H31N3O2. The first-order valence-electron chi connectivity index (χ1n) is 8.40. The van der Waals surface area contributed by atoms with E-state index >= 15 is 0 Å². The molecule has 0 aromatic heterocycles. The van der Waals surface area contributed by atoms with Gasteiger partial charge in [-0.15, -0.1) is 0 Å². The predicted octanol–water partition coefficient (Wildman–Crippen LogP) is 1.62. The molecule has 1 atom stereocenters. The average molecular weight is 297 g/mol. The van der Waals surface area contributed by atoms with Gasteiger partial charge in [0, 0.05) is 19.1 Å². The van der Waals surface area contributed by atoms with Crippen LogP contribution in [0.5, 0.6) is 0 Å². The molecule has 122 valence electrons. The van der Waals surface area contributed by atoms with Crippen molar-refractivity contribution >= 4 is 11.8 Å². The summed E-state index contributed by atoms with van der Waals surface area (Å²) in [7, 11) is 0. The second-order valence-corrected chi connectivity index (χ2v) is 5.72. The Kier molecular flexibility index (Phi) is 7.89. The normalized spacial score (nSPS) is 19.3. The number of likely N-dealkylation sites (tertiary alicyclic amines) is 1. The zero-order chi connectivity index (χ0) is 15.8. The van der Waals surface area contributed by atoms with Crippen molar-refractivity contribution in [1.29, 1.82) is 0 Å². The Hall–Kier alpha value is -0.940. The van der Waals surface area contributed by atoms with Gasteiger partial charge in [0.15, 0.2) is 0 Å². The molecule has 1 fully saturated rings. The Bertz CT molecular complexity index is 342. The van der Waals surface area contributed by atoms with Crippen molar-refractivity contribution in [3.05, 3.63) is 0 Å². The van der Waals surface area contributed by atoms with Crippen LogP contribution in [0.4, 0.5) is 0 Å². The lowest BCUT2D eigenvalue weighted by molar-refractivity contribution is -0.141. The van der Waals surface area contributed by atoms with E-state index in [1.165, 1.54) is 4.90 Å². The third-order valence-corrected chi connectivity index (χ3v) is 4.30. The maximum absolute atomic E-state index is 12.4. The standard InChI is InChI=1S/C16H31N3O2/c1-5-10-18(8-4)11-9-17-14-12-15(20)19(16(14)21)13(6-2)7-3/h13-14,17H,5-12H2,1-4H3. The summed E-state index contributed by atoms with van der Waals surface area (Å²) >= 11 is 0. The fraction of sp³-hybridized carbons (Fsp3) is 0.875. The first kappa shape index (κ1) is 18.1. The molecule has 5 heteroatoms. The first-order valence-corrected chi connectivity index (χ1v) is 8.40. The van der Waals surface area contributed by atoms with Gasteiger partial charge in [-0.25, -0.2) is 0 Å². The van der Waals surface area contributed by atoms with E-state index in [1.807, 2.05) is 13.8 Å². The lowest BCUT2D eigenvalue weighted by Gasteiger charge is -2.24. The average Bonchev–Trinajstić information content (AvgIpc) is 2.75. The summed E-state index contributed by atoms with van der Waals surface area (Å²) in [5, 5.41) is 3.26. The molecular weight excluding hydrogens is 266 g/mol. The molecule has 0 aromatic carbocycles. The zero-order valence-electron chi connectivity index (χ0n) is 14.0. The molecule has 21 heavy (non-hydrogen) atoms. The molecule has 1 rings (SSSR count). The van der Waals surface area contributed by atoms with E-state index in [4.69, 9.17) is 0 Å². The topological polar surface area (TPSA) is 52.7 Å². The van der Waals surface area contributed by atoms with E-state index in [0.717, 1.165) is 45.4 Å². The number of nitrogens with one attached hydrogen (secondary N) is 1. The second-order valence-electron chi connectivity index (χ2n) is 5.72. The highest BCUT2D eigenvalue weighted by Gasteiger charge is 2.40. The number of nitrogens with zero attached hydrogens (tertiary/aromatic N) is 2. The lowest BCUT2D eigenvalue weighted by atomic mass is 10.1. The van der Waals surface area contributed by atoms with Gasteiger partial charge in [0.1, 0.15) is 0 Å². The Morgan fingerprint density at radius 1 is 1.19 bits per heavy atom. The number of likely N-dealkylation sites (N-methyl/N-ethyl adjacent to an activating group) is 1. The van der Waals surface area contributed by atoms with Gasteiger partial charge in [-0.3, -0.25) is 14.5 Å². The van der Waals surface area contributed by atoms with Crippen molar-refractivity contribution in [3.8, 4) is 0 Å². The quantitative estimate of drug-likeness (QED) is 0.623. The van der Waals surface area contributed by atoms with E-state index in [-0.39, 0.29) is 23.9 Å². The minimum Gasteiger partial charge on any atom is -0.304 e. The molecule has 2 amide bonds. The van der Waals surface area contributed by atoms with Crippen molar-refractivity contribution in [3.63, 3.8) is 0 Å². The highest BCUT2D eigenvalue weighted by molar-refractivity contribution is 6.05. The first-order chi connectivity index (χ1) is 10.1. The molecule has 5 nitrogen and oxygen atoms in total. The van der Waals surface area contributed by atoms with Gasteiger partial charge < -0.3 is 10.2 Å². The molecule has 0 bridgehead atoms. The number of carbonyl (C=O) groups excluding carboxylic acids is 2. The third kappa shape index (κ3) is 4.78. The van der Waals surface area contributed by atoms with Crippen LogP contribution in [0, 0.1) is 0 Å². The van der Waals surface area contributed by atoms with Gasteiger partial charge in [-0.1, -0.05) is 27.7 Å². The third-order valence-electron chi connectivity index (χ3n) is 4.30. The van der Waals surface area contributed by atoms with Crippen LogP contribution in [-0.2, 0) is 9.59 Å². The van der Waals surface area contributed by atoms with Crippen molar-refractivity contribution in [2.75, 3.05) is 26.2 Å². The molecule has 0 spiro atoms. The van der Waals surface area contributed by atoms with Crippen LogP contribution in [0.1, 0.15) is 53.4 Å². The fourth-order valence-corrected chi connectivity index (χ4v) is 2.99. The van der Waals surface area contributed by atoms with Crippen LogP contribution in [0.25, 0.3) is 0 Å². The van der Waals surface area contributed by atoms with Gasteiger partial charge in [-0.05, 0) is 32.4 Å². The summed E-state index contributed by atoms with van der Waals surface area (Å²) in [5.41, 5.74) is 0. The number of amides is 2. The van der Waals surface area contributed by atoms with E-state index in [1.54, 1.807) is 0 Å². The minimum atomic E-state index is -0.321. The van der Waals surface area contributed by atoms with Crippen LogP contribution in [-0.4, -0.2) is 59.9 Å². The van der Waals surface area contributed by atoms with E-state index in [2.05, 4.69) is 24.1 Å². The number of imide groups is 1. The highest BCUT2D eigenvalue weighted by atomic mass is 16.2. The molecule has 0 saturated carbocycles. The number of rotatable bonds is 10. The molecule has 0 aromatic rings. The fourth-order valence-electron chi connectivity index (χ4n) is 2.99. The van der Waals surface area contributed by atoms with E-state index < -0.39 is 0 Å². The van der Waals surface area contributed by atoms with Crippen LogP contribution in [0.15, 0.2) is 0 Å². The van der Waals surface area contributed by atoms with Crippen LogP contribution >= 0.6 is 0 Å². The second kappa shape index (κ2) is 9.15. The Morgan fingerprint density at radius 2 is 1.86 bits per heavy atom. The summed E-state index contributed by atoms with van der Waals surface area (Å²) < 4.78 is 0. The summed E-state index contributed by atoms with van der Waals surface area (Å²) in [6.07, 6.45) is 3.12. The van der Waals surface area contributed by atoms with Crippen LogP contribution in [0.2, 0.25) is 0 Å².